The monoisotopic (exact) mass is 2030 g/mol. The number of carbonyl (C=O) groups is 6. The Hall–Kier alpha value is -12.1. The first-order chi connectivity index (χ1) is 72.1. The molecule has 782 valence electrons. The lowest BCUT2D eigenvalue weighted by Crippen LogP contribution is -2.64. The Morgan fingerprint density at radius 2 is 0.743 bits per heavy atom. The largest absolute Gasteiger partial charge is 0.459 e. The minimum atomic E-state index is -1.72. The van der Waals surface area contributed by atoms with Gasteiger partial charge >= 0.3 is 35.8 Å². The summed E-state index contributed by atoms with van der Waals surface area (Å²) in [7, 11) is 0. The first-order valence-corrected chi connectivity index (χ1v) is 51.4. The Bertz CT molecular complexity index is 5950. The van der Waals surface area contributed by atoms with E-state index >= 15 is 14.4 Å². The van der Waals surface area contributed by atoms with E-state index in [1.807, 2.05) is 152 Å². The third-order valence-electron chi connectivity index (χ3n) is 29.1. The van der Waals surface area contributed by atoms with E-state index in [-0.39, 0.29) is 78.9 Å². The topological polar surface area (TPSA) is 354 Å². The van der Waals surface area contributed by atoms with Gasteiger partial charge in [-0.2, -0.15) is 0 Å². The zero-order valence-corrected chi connectivity index (χ0v) is 84.5. The fourth-order valence-electron chi connectivity index (χ4n) is 20.3. The number of hydrogen-bond acceptors (Lipinski definition) is 29. The van der Waals surface area contributed by atoms with E-state index in [0.717, 1.165) is 27.5 Å². The number of unbranched alkanes of at least 4 members (excludes halogenated alkanes) is 2. The second kappa shape index (κ2) is 51.9. The summed E-state index contributed by atoms with van der Waals surface area (Å²) in [5, 5.41) is 5.74. The van der Waals surface area contributed by atoms with Gasteiger partial charge in [-0.25, -0.2) is 28.8 Å². The standard InChI is InChI=1S/C117H131N3O28/c1-10-70(2)94-101(104(141-110(126)86-53-32-17-33-54-86)117(142-94)146-99-77(9)111(128-61-39-19-38-60-119-120-118)138-93-69-133-114(147-100(93)99)87-55-34-18-35-56-87)148-113-76(8)96(72(4)91(135-113)67-131-106(122)82-45-24-13-25-46-82)144-116-103(140-109(125)85-51-30-16-31-52-85)98(74(6)92(137-116)68-132-107(123)83-47-26-14-27-48-83)145-112-75(7)95(71(3)90(134-112)66-130-105(121)81-43-22-12-23-44-81)143-115-102(139-108(124)84-49-28-15-29-50-84)97(129-64-79-58-59-80-42-36-37-57-88(80)62-79)73(5)89(136-115)65-127-63-78-40-20-11-21-41-78/h11-18,20-37,40-59,62,70-77,89-104,111-117H,10,19,38-39,60-61,63-69H2,1-9H3/t70-,71?,72?,73?,74?,75?,76?,77?,89?,90?,91?,92?,93?,94?,95?,96?,97?,98?,99?,100?,101?,102?,103?,104?,111?,112?,113?,114?,115?,116?,117?/m1/s1. The lowest BCUT2D eigenvalue weighted by Gasteiger charge is -2.52. The van der Waals surface area contributed by atoms with E-state index in [4.69, 9.17) is 110 Å². The molecule has 7 heterocycles. The van der Waals surface area contributed by atoms with Gasteiger partial charge in [-0.15, -0.1) is 0 Å². The number of hydrogen-bond donors (Lipinski definition) is 0. The second-order valence-electron chi connectivity index (χ2n) is 39.2. The summed E-state index contributed by atoms with van der Waals surface area (Å²) in [4.78, 5) is 92.2. The molecule has 31 atom stereocenters. The maximum Gasteiger partial charge on any atom is 0.338 e. The highest BCUT2D eigenvalue weighted by atomic mass is 16.8. The summed E-state index contributed by atoms with van der Waals surface area (Å²) >= 11 is 0. The average molecular weight is 2030 g/mol. The summed E-state index contributed by atoms with van der Waals surface area (Å²) < 4.78 is 155. The van der Waals surface area contributed by atoms with Gasteiger partial charge in [0.25, 0.3) is 0 Å². The van der Waals surface area contributed by atoms with Crippen LogP contribution in [0.3, 0.4) is 0 Å². The average Bonchev–Trinajstić information content (AvgIpc) is 1.53. The highest BCUT2D eigenvalue weighted by Crippen LogP contribution is 2.48. The lowest BCUT2D eigenvalue weighted by molar-refractivity contribution is -0.372. The molecule has 0 bridgehead atoms. The van der Waals surface area contributed by atoms with E-state index in [0.29, 0.717) is 32.2 Å². The van der Waals surface area contributed by atoms with Crippen LogP contribution in [0.5, 0.6) is 0 Å². The Kier molecular flexibility index (Phi) is 37.6. The van der Waals surface area contributed by atoms with Crippen LogP contribution >= 0.6 is 0 Å². The zero-order valence-electron chi connectivity index (χ0n) is 84.5. The van der Waals surface area contributed by atoms with Gasteiger partial charge in [-0.3, -0.25) is 0 Å². The number of azide groups is 1. The van der Waals surface area contributed by atoms with Crippen molar-refractivity contribution in [1.82, 2.24) is 0 Å². The zero-order chi connectivity index (χ0) is 103. The summed E-state index contributed by atoms with van der Waals surface area (Å²) in [6, 6.07) is 84.2. The molecule has 7 aliphatic rings. The Labute approximate surface area is 862 Å². The molecule has 148 heavy (non-hydrogen) atoms. The van der Waals surface area contributed by atoms with Gasteiger partial charge < -0.3 is 104 Å². The number of nitrogens with zero attached hydrogens (tertiary/aromatic N) is 3. The van der Waals surface area contributed by atoms with Gasteiger partial charge in [-0.05, 0) is 125 Å². The Balaban J connectivity index is 0.743. The molecule has 7 fully saturated rings. The van der Waals surface area contributed by atoms with Crippen molar-refractivity contribution in [2.24, 2.45) is 52.5 Å². The van der Waals surface area contributed by atoms with Crippen molar-refractivity contribution in [3.05, 3.63) is 346 Å². The van der Waals surface area contributed by atoms with Gasteiger partial charge in [0.2, 0.25) is 0 Å². The number of rotatable bonds is 42. The van der Waals surface area contributed by atoms with Crippen LogP contribution in [0.2, 0.25) is 0 Å². The highest BCUT2D eigenvalue weighted by molar-refractivity contribution is 5.92. The molecule has 10 aromatic carbocycles. The molecule has 31 nitrogen and oxygen atoms in total. The third-order valence-corrected chi connectivity index (χ3v) is 29.1. The molecular weight excluding hydrogens is 1900 g/mol. The van der Waals surface area contributed by atoms with Crippen molar-refractivity contribution >= 4 is 46.6 Å². The molecule has 0 radical (unpaired) electrons. The summed E-state index contributed by atoms with van der Waals surface area (Å²) in [5.41, 5.74) is 12.9. The van der Waals surface area contributed by atoms with Crippen LogP contribution in [0.15, 0.2) is 290 Å². The predicted molar refractivity (Wildman–Crippen MR) is 539 cm³/mol. The van der Waals surface area contributed by atoms with E-state index in [1.54, 1.807) is 189 Å². The molecule has 0 aromatic heterocycles. The summed E-state index contributed by atoms with van der Waals surface area (Å²) in [6.45, 7) is 17.0. The predicted octanol–water partition coefficient (Wildman–Crippen LogP) is 19.6. The second-order valence-corrected chi connectivity index (χ2v) is 39.2. The van der Waals surface area contributed by atoms with Gasteiger partial charge in [0.1, 0.15) is 56.4 Å². The highest BCUT2D eigenvalue weighted by Gasteiger charge is 2.61. The first kappa shape index (κ1) is 107. The van der Waals surface area contributed by atoms with Crippen LogP contribution in [0, 0.1) is 47.3 Å². The van der Waals surface area contributed by atoms with Gasteiger partial charge in [-0.1, -0.05) is 287 Å². The number of ether oxygens (including phenoxy) is 22. The van der Waals surface area contributed by atoms with Gasteiger partial charge in [0.15, 0.2) is 62.3 Å². The van der Waals surface area contributed by atoms with Gasteiger partial charge in [0.05, 0.1) is 103 Å². The minimum Gasteiger partial charge on any atom is -0.459 e. The molecule has 0 saturated carbocycles. The Morgan fingerprint density at radius 1 is 0.351 bits per heavy atom. The van der Waals surface area contributed by atoms with Crippen LogP contribution < -0.4 is 0 Å². The van der Waals surface area contributed by atoms with Crippen molar-refractivity contribution in [1.29, 1.82) is 0 Å². The van der Waals surface area contributed by atoms with Gasteiger partial charge in [0, 0.05) is 65.1 Å². The first-order valence-electron chi connectivity index (χ1n) is 51.4. The van der Waals surface area contributed by atoms with Crippen molar-refractivity contribution in [3.63, 3.8) is 0 Å². The summed E-state index contributed by atoms with van der Waals surface area (Å²) in [6.07, 6.45) is -24.4. The summed E-state index contributed by atoms with van der Waals surface area (Å²) in [5.74, 6) is -10.1. The number of carbonyl (C=O) groups excluding carboxylic acids is 6. The molecule has 10 aromatic rings. The van der Waals surface area contributed by atoms with Crippen LogP contribution in [0.4, 0.5) is 0 Å². The fraction of sp³-hybridized carbons (Fsp3) is 0.453. The van der Waals surface area contributed by atoms with Crippen molar-refractivity contribution < 1.29 is 133 Å². The number of fused-ring (bicyclic) bond motifs is 2. The maximum atomic E-state index is 15.6. The number of benzene rings is 10. The minimum absolute atomic E-state index is 0.0349. The Morgan fingerprint density at radius 3 is 1.23 bits per heavy atom. The van der Waals surface area contributed by atoms with Crippen molar-refractivity contribution in [3.8, 4) is 0 Å². The molecule has 0 amide bonds. The van der Waals surface area contributed by atoms with E-state index in [1.165, 1.54) is 0 Å². The molecule has 7 saturated heterocycles. The molecule has 0 spiro atoms. The normalized spacial score (nSPS) is 30.6. The molecule has 0 aliphatic carbocycles. The van der Waals surface area contributed by atoms with Crippen LogP contribution in [0.1, 0.15) is 173 Å². The molecule has 17 rings (SSSR count). The van der Waals surface area contributed by atoms with Crippen LogP contribution in [0.25, 0.3) is 21.2 Å². The fourth-order valence-corrected chi connectivity index (χ4v) is 20.3. The number of esters is 6. The third kappa shape index (κ3) is 26.7. The van der Waals surface area contributed by atoms with Crippen LogP contribution in [-0.2, 0) is 117 Å². The molecule has 0 N–H and O–H groups in total. The molecular formula is C117H131N3O28. The molecule has 30 unspecified atom stereocenters. The van der Waals surface area contributed by atoms with E-state index in [9.17, 15) is 14.4 Å². The SMILES string of the molecule is CC[C@@H](C)C1OC(OC2C(C)C(OCCCCCN=[N+]=[N-])OC3COC(c4ccccc4)OC32)C(OC(=O)c2ccccc2)C1OC1OC(COC(=O)c2ccccc2)C(C)C(OC2OC(COC(=O)c3ccccc3)C(C)C(OC3OC(COC(=O)c4ccccc4)C(C)C(OC4OC(COCc5ccccc5)C(C)C(OCc5ccc6ccccc6c5)C4OC(=O)c4ccccc4)C3C)C2OC(=O)c2ccccc2)C1C. The van der Waals surface area contributed by atoms with Crippen molar-refractivity contribution in [2.75, 3.05) is 46.2 Å². The lowest BCUT2D eigenvalue weighted by atomic mass is 9.84. The quantitative estimate of drug-likeness (QED) is 0.00856. The van der Waals surface area contributed by atoms with E-state index in [2.05, 4.69) is 16.1 Å². The maximum absolute atomic E-state index is 15.6. The van der Waals surface area contributed by atoms with E-state index < -0.39 is 232 Å². The van der Waals surface area contributed by atoms with Crippen LogP contribution in [-0.4, -0.2) is 217 Å². The van der Waals surface area contributed by atoms with Crippen molar-refractivity contribution in [2.45, 2.75) is 243 Å². The smallest absolute Gasteiger partial charge is 0.338 e. The molecule has 7 aliphatic heterocycles. The molecule has 31 heteroatoms.